The van der Waals surface area contributed by atoms with Crippen LogP contribution in [0.2, 0.25) is 0 Å². The van der Waals surface area contributed by atoms with Crippen LogP contribution in [0.15, 0.2) is 96.2 Å². The number of benzene rings is 3. The Balaban J connectivity index is 1.27. The highest BCUT2D eigenvalue weighted by atomic mass is 19.1. The Morgan fingerprint density at radius 3 is 2.27 bits per heavy atom. The van der Waals surface area contributed by atoms with Crippen molar-refractivity contribution in [2.45, 2.75) is 25.6 Å². The lowest BCUT2D eigenvalue weighted by atomic mass is 9.99. The predicted molar refractivity (Wildman–Crippen MR) is 171 cm³/mol. The van der Waals surface area contributed by atoms with Crippen molar-refractivity contribution in [1.82, 2.24) is 9.55 Å². The van der Waals surface area contributed by atoms with Crippen molar-refractivity contribution >= 4 is 11.5 Å². The first-order valence-corrected chi connectivity index (χ1v) is 14.7. The van der Waals surface area contributed by atoms with Gasteiger partial charge in [-0.15, -0.1) is 0 Å². The van der Waals surface area contributed by atoms with Gasteiger partial charge < -0.3 is 35.7 Å². The topological polar surface area (TPSA) is 143 Å². The molecule has 3 heterocycles. The average Bonchev–Trinajstić information content (AvgIpc) is 3.05. The molecule has 1 aliphatic rings. The molecule has 0 spiro atoms. The number of phenols is 2. The fourth-order valence-corrected chi connectivity index (χ4v) is 5.57. The molecule has 6 rings (SSSR count). The van der Waals surface area contributed by atoms with Gasteiger partial charge in [0, 0.05) is 60.7 Å². The highest BCUT2D eigenvalue weighted by Gasteiger charge is 2.20. The van der Waals surface area contributed by atoms with E-state index in [0.29, 0.717) is 65.0 Å². The minimum Gasteiger partial charge on any atom is -0.504 e. The van der Waals surface area contributed by atoms with Crippen LogP contribution in [-0.4, -0.2) is 38.1 Å². The van der Waals surface area contributed by atoms with Crippen LogP contribution in [0.1, 0.15) is 24.6 Å². The van der Waals surface area contributed by atoms with E-state index in [-0.39, 0.29) is 22.5 Å². The van der Waals surface area contributed by atoms with Crippen molar-refractivity contribution in [2.75, 3.05) is 24.3 Å². The maximum Gasteiger partial charge on any atom is 0.197 e. The smallest absolute Gasteiger partial charge is 0.197 e. The largest absolute Gasteiger partial charge is 0.504 e. The van der Waals surface area contributed by atoms with Crippen LogP contribution < -0.4 is 16.5 Å². The Morgan fingerprint density at radius 1 is 0.889 bits per heavy atom. The van der Waals surface area contributed by atoms with E-state index in [9.17, 15) is 24.5 Å². The van der Waals surface area contributed by atoms with Gasteiger partial charge in [0.2, 0.25) is 0 Å². The molecule has 2 aromatic heterocycles. The first-order chi connectivity index (χ1) is 21.7. The van der Waals surface area contributed by atoms with Gasteiger partial charge in [-0.2, -0.15) is 0 Å². The van der Waals surface area contributed by atoms with Gasteiger partial charge in [-0.1, -0.05) is 30.3 Å². The molecule has 1 saturated heterocycles. The van der Waals surface area contributed by atoms with E-state index in [1.165, 1.54) is 24.3 Å². The van der Waals surface area contributed by atoms with Crippen LogP contribution in [0.4, 0.5) is 15.9 Å². The SMILES string of the molecule is Nc1ncc(-c2ccc(O)c(O)c2)cc1-c1ccc(NC(O)c2cn(CC3CCOCC3)cc(-c3ccc(F)cc3)c2=O)cc1. The molecule has 0 radical (unpaired) electrons. The van der Waals surface area contributed by atoms with Crippen molar-refractivity contribution in [3.8, 4) is 44.9 Å². The molecule has 5 aromatic rings. The minimum atomic E-state index is -1.32. The number of aliphatic hydroxyl groups excluding tert-OH is 1. The number of aromatic hydroxyl groups is 2. The molecule has 9 nitrogen and oxygen atoms in total. The Labute approximate surface area is 259 Å². The lowest BCUT2D eigenvalue weighted by molar-refractivity contribution is 0.0611. The van der Waals surface area contributed by atoms with Crippen LogP contribution in [0.3, 0.4) is 0 Å². The van der Waals surface area contributed by atoms with E-state index in [0.717, 1.165) is 18.4 Å². The van der Waals surface area contributed by atoms with Crippen LogP contribution >= 0.6 is 0 Å². The molecule has 1 unspecified atom stereocenters. The zero-order valence-corrected chi connectivity index (χ0v) is 24.4. The third-order valence-corrected chi connectivity index (χ3v) is 8.09. The second-order valence-electron chi connectivity index (χ2n) is 11.2. The summed E-state index contributed by atoms with van der Waals surface area (Å²) in [5.41, 5.74) is 10.3. The summed E-state index contributed by atoms with van der Waals surface area (Å²) in [6.07, 6.45) is 5.52. The number of hydrogen-bond donors (Lipinski definition) is 5. The second kappa shape index (κ2) is 12.8. The number of aromatic nitrogens is 2. The van der Waals surface area contributed by atoms with Gasteiger partial charge in [-0.05, 0) is 77.9 Å². The standard InChI is InChI=1S/C35H33FN4O5/c36-26-6-1-23(2-7-26)29-19-40(18-21-11-13-45-14-12-21)20-30(33(29)43)35(44)39-27-8-3-22(4-9-27)28-15-25(17-38-34(28)37)24-5-10-31(41)32(42)16-24/h1-10,15-17,19-21,35,39,41-42,44H,11-14,18H2,(H2,37,38). The number of nitrogens with one attached hydrogen (secondary N) is 1. The number of nitrogen functional groups attached to an aromatic ring is 1. The van der Waals surface area contributed by atoms with Crippen LogP contribution in [0, 0.1) is 11.7 Å². The summed E-state index contributed by atoms with van der Waals surface area (Å²) in [4.78, 5) is 17.9. The number of hydrogen-bond acceptors (Lipinski definition) is 8. The second-order valence-corrected chi connectivity index (χ2v) is 11.2. The normalized spacial score (nSPS) is 14.3. The highest BCUT2D eigenvalue weighted by molar-refractivity contribution is 5.80. The Morgan fingerprint density at radius 2 is 1.56 bits per heavy atom. The molecule has 1 fully saturated rings. The Hall–Kier alpha value is -5.19. The average molecular weight is 609 g/mol. The number of anilines is 2. The third kappa shape index (κ3) is 6.67. The van der Waals surface area contributed by atoms with Crippen LogP contribution in [-0.2, 0) is 11.3 Å². The van der Waals surface area contributed by atoms with E-state index in [1.54, 1.807) is 48.9 Å². The molecule has 10 heteroatoms. The van der Waals surface area contributed by atoms with Crippen molar-refractivity contribution in [1.29, 1.82) is 0 Å². The molecule has 45 heavy (non-hydrogen) atoms. The maximum atomic E-state index is 13.7. The van der Waals surface area contributed by atoms with Gasteiger partial charge in [0.25, 0.3) is 0 Å². The molecule has 1 aliphatic heterocycles. The van der Waals surface area contributed by atoms with E-state index in [2.05, 4.69) is 10.3 Å². The monoisotopic (exact) mass is 608 g/mol. The van der Waals surface area contributed by atoms with Gasteiger partial charge in [0.15, 0.2) is 23.2 Å². The summed E-state index contributed by atoms with van der Waals surface area (Å²) in [5.74, 6) is -0.170. The van der Waals surface area contributed by atoms with Gasteiger partial charge in [0.05, 0.1) is 5.56 Å². The maximum absolute atomic E-state index is 13.7. The minimum absolute atomic E-state index is 0.172. The summed E-state index contributed by atoms with van der Waals surface area (Å²) >= 11 is 0. The molecule has 0 saturated carbocycles. The fraction of sp³-hybridized carbons (Fsp3) is 0.200. The molecule has 0 amide bonds. The summed E-state index contributed by atoms with van der Waals surface area (Å²) < 4.78 is 21.1. The third-order valence-electron chi connectivity index (χ3n) is 8.09. The number of nitrogens with two attached hydrogens (primary N) is 1. The fourth-order valence-electron chi connectivity index (χ4n) is 5.57. The molecule has 3 aromatic carbocycles. The summed E-state index contributed by atoms with van der Waals surface area (Å²) in [7, 11) is 0. The number of phenolic OH excluding ortho intramolecular Hbond substituents is 2. The lowest BCUT2D eigenvalue weighted by Gasteiger charge is -2.24. The zero-order valence-electron chi connectivity index (χ0n) is 24.4. The molecular weight excluding hydrogens is 575 g/mol. The molecule has 6 N–H and O–H groups in total. The van der Waals surface area contributed by atoms with Gasteiger partial charge in [-0.25, -0.2) is 9.37 Å². The van der Waals surface area contributed by atoms with Crippen LogP contribution in [0.25, 0.3) is 33.4 Å². The van der Waals surface area contributed by atoms with E-state index in [1.807, 2.05) is 22.8 Å². The summed E-state index contributed by atoms with van der Waals surface area (Å²) in [6, 6.07) is 19.3. The number of aliphatic hydroxyl groups is 1. The van der Waals surface area contributed by atoms with Crippen molar-refractivity contribution in [3.63, 3.8) is 0 Å². The van der Waals surface area contributed by atoms with Crippen molar-refractivity contribution in [3.05, 3.63) is 113 Å². The van der Waals surface area contributed by atoms with Gasteiger partial charge in [0.1, 0.15) is 11.6 Å². The number of rotatable bonds is 8. The van der Waals surface area contributed by atoms with Crippen LogP contribution in [0.5, 0.6) is 11.5 Å². The first kappa shape index (κ1) is 29.9. The summed E-state index contributed by atoms with van der Waals surface area (Å²) in [5, 5.41) is 33.9. The van der Waals surface area contributed by atoms with E-state index >= 15 is 0 Å². The lowest BCUT2D eigenvalue weighted by Crippen LogP contribution is -2.25. The molecular formula is C35H33FN4O5. The molecule has 0 aliphatic carbocycles. The molecule has 230 valence electrons. The van der Waals surface area contributed by atoms with Gasteiger partial charge in [-0.3, -0.25) is 4.79 Å². The van der Waals surface area contributed by atoms with Crippen molar-refractivity contribution in [2.24, 2.45) is 5.92 Å². The van der Waals surface area contributed by atoms with E-state index in [4.69, 9.17) is 10.5 Å². The first-order valence-electron chi connectivity index (χ1n) is 14.7. The molecule has 1 atom stereocenters. The zero-order chi connectivity index (χ0) is 31.5. The predicted octanol–water partition coefficient (Wildman–Crippen LogP) is 5.91. The Kier molecular flexibility index (Phi) is 8.50. The quantitative estimate of drug-likeness (QED) is 0.108. The number of nitrogens with zero attached hydrogens (tertiary/aromatic N) is 2. The number of ether oxygens (including phenoxy) is 1. The van der Waals surface area contributed by atoms with Crippen molar-refractivity contribution < 1.29 is 24.4 Å². The summed E-state index contributed by atoms with van der Waals surface area (Å²) in [6.45, 7) is 2.04. The number of pyridine rings is 2. The molecule has 0 bridgehead atoms. The Bertz CT molecular complexity index is 1870. The van der Waals surface area contributed by atoms with E-state index < -0.39 is 12.0 Å². The number of halogens is 1. The highest BCUT2D eigenvalue weighted by Crippen LogP contribution is 2.34. The van der Waals surface area contributed by atoms with Gasteiger partial charge >= 0.3 is 0 Å².